The summed E-state index contributed by atoms with van der Waals surface area (Å²) in [5, 5.41) is 3.24. The number of unbranched alkanes of at least 4 members (excludes halogenated alkanes) is 1. The molecule has 0 saturated carbocycles. The molecular weight excluding hydrogens is 228 g/mol. The van der Waals surface area contributed by atoms with Crippen LogP contribution in [0.4, 0.5) is 0 Å². The lowest BCUT2D eigenvalue weighted by Gasteiger charge is -2.08. The maximum absolute atomic E-state index is 5.61. The summed E-state index contributed by atoms with van der Waals surface area (Å²) in [7, 11) is 0. The molecule has 0 spiro atoms. The van der Waals surface area contributed by atoms with Crippen molar-refractivity contribution >= 4 is 0 Å². The van der Waals surface area contributed by atoms with Gasteiger partial charge in [0, 0.05) is 25.4 Å². The number of pyridine rings is 1. The van der Waals surface area contributed by atoms with E-state index in [1.165, 1.54) is 6.42 Å². The monoisotopic (exact) mass is 252 g/mol. The minimum atomic E-state index is 0.592. The van der Waals surface area contributed by atoms with Crippen LogP contribution in [0.3, 0.4) is 0 Å². The average Bonchev–Trinajstić information content (AvgIpc) is 2.41. The highest BCUT2D eigenvalue weighted by Crippen LogP contribution is 2.10. The highest BCUT2D eigenvalue weighted by Gasteiger charge is 1.98. The van der Waals surface area contributed by atoms with Gasteiger partial charge in [-0.1, -0.05) is 20.3 Å². The van der Waals surface area contributed by atoms with Gasteiger partial charge in [0.1, 0.15) is 12.4 Å². The number of ether oxygens (including phenoxy) is 2. The predicted octanol–water partition coefficient (Wildman–Crippen LogP) is 2.39. The third-order valence-corrected chi connectivity index (χ3v) is 2.48. The topological polar surface area (TPSA) is 43.4 Å². The molecule has 0 atom stereocenters. The zero-order chi connectivity index (χ0) is 13.1. The van der Waals surface area contributed by atoms with E-state index in [1.54, 1.807) is 6.20 Å². The minimum absolute atomic E-state index is 0.592. The van der Waals surface area contributed by atoms with Crippen LogP contribution in [0.25, 0.3) is 0 Å². The molecule has 4 heteroatoms. The molecule has 0 aliphatic carbocycles. The Hall–Kier alpha value is -1.13. The lowest BCUT2D eigenvalue weighted by molar-refractivity contribution is 0.0980. The molecule has 0 saturated heterocycles. The van der Waals surface area contributed by atoms with E-state index in [1.807, 2.05) is 12.1 Å². The maximum atomic E-state index is 5.61. The van der Waals surface area contributed by atoms with Crippen molar-refractivity contribution in [2.75, 3.05) is 26.4 Å². The van der Waals surface area contributed by atoms with Crippen LogP contribution in [0, 0.1) is 0 Å². The second-order valence-corrected chi connectivity index (χ2v) is 4.08. The third kappa shape index (κ3) is 6.57. The van der Waals surface area contributed by atoms with Gasteiger partial charge >= 0.3 is 0 Å². The Bertz CT molecular complexity index is 318. The highest BCUT2D eigenvalue weighted by molar-refractivity contribution is 5.22. The van der Waals surface area contributed by atoms with Crippen molar-refractivity contribution in [1.29, 1.82) is 0 Å². The van der Waals surface area contributed by atoms with E-state index in [0.29, 0.717) is 13.2 Å². The molecule has 0 amide bonds. The van der Waals surface area contributed by atoms with Crippen LogP contribution in [0.2, 0.25) is 0 Å². The van der Waals surface area contributed by atoms with Crippen molar-refractivity contribution < 1.29 is 9.47 Å². The van der Waals surface area contributed by atoms with Gasteiger partial charge in [-0.2, -0.15) is 0 Å². The van der Waals surface area contributed by atoms with E-state index in [-0.39, 0.29) is 0 Å². The average molecular weight is 252 g/mol. The van der Waals surface area contributed by atoms with Gasteiger partial charge in [-0.25, -0.2) is 0 Å². The molecule has 0 aliphatic rings. The Kier molecular flexibility index (Phi) is 8.17. The summed E-state index contributed by atoms with van der Waals surface area (Å²) in [6, 6.07) is 3.84. The van der Waals surface area contributed by atoms with E-state index in [9.17, 15) is 0 Å². The highest BCUT2D eigenvalue weighted by atomic mass is 16.5. The first-order chi connectivity index (χ1) is 8.86. The van der Waals surface area contributed by atoms with E-state index in [2.05, 4.69) is 24.1 Å². The van der Waals surface area contributed by atoms with E-state index >= 15 is 0 Å². The molecule has 1 aromatic heterocycles. The van der Waals surface area contributed by atoms with Crippen LogP contribution >= 0.6 is 0 Å². The first kappa shape index (κ1) is 14.9. The molecule has 18 heavy (non-hydrogen) atoms. The largest absolute Gasteiger partial charge is 0.491 e. The fourth-order valence-corrected chi connectivity index (χ4v) is 1.46. The van der Waals surface area contributed by atoms with Gasteiger partial charge in [0.15, 0.2) is 0 Å². The molecule has 0 aliphatic heterocycles. The van der Waals surface area contributed by atoms with Gasteiger partial charge in [-0.3, -0.25) is 4.98 Å². The van der Waals surface area contributed by atoms with Crippen LogP contribution in [0.15, 0.2) is 18.3 Å². The Balaban J connectivity index is 2.20. The van der Waals surface area contributed by atoms with Crippen molar-refractivity contribution in [1.82, 2.24) is 10.3 Å². The maximum Gasteiger partial charge on any atom is 0.122 e. The van der Waals surface area contributed by atoms with Crippen LogP contribution in [-0.4, -0.2) is 31.3 Å². The lowest BCUT2D eigenvalue weighted by atomic mass is 10.3. The molecule has 102 valence electrons. The Morgan fingerprint density at radius 2 is 2.11 bits per heavy atom. The van der Waals surface area contributed by atoms with Crippen LogP contribution in [0.5, 0.6) is 5.75 Å². The zero-order valence-corrected chi connectivity index (χ0v) is 11.4. The Labute approximate surface area is 110 Å². The molecule has 0 fully saturated rings. The SMILES string of the molecule is CCCCOCCOc1ccnc(CNCC)c1. The van der Waals surface area contributed by atoms with E-state index in [4.69, 9.17) is 9.47 Å². The summed E-state index contributed by atoms with van der Waals surface area (Å²) in [6.45, 7) is 8.01. The first-order valence-electron chi connectivity index (χ1n) is 6.73. The molecular formula is C14H24N2O2. The number of aromatic nitrogens is 1. The number of hydrogen-bond donors (Lipinski definition) is 1. The molecule has 1 aromatic rings. The number of nitrogens with one attached hydrogen (secondary N) is 1. The quantitative estimate of drug-likeness (QED) is 0.649. The fraction of sp³-hybridized carbons (Fsp3) is 0.643. The van der Waals surface area contributed by atoms with Crippen LogP contribution < -0.4 is 10.1 Å². The van der Waals surface area contributed by atoms with Gasteiger partial charge in [0.2, 0.25) is 0 Å². The molecule has 1 N–H and O–H groups in total. The van der Waals surface area contributed by atoms with Gasteiger partial charge in [-0.05, 0) is 19.0 Å². The number of nitrogens with zero attached hydrogens (tertiary/aromatic N) is 1. The third-order valence-electron chi connectivity index (χ3n) is 2.48. The Morgan fingerprint density at radius 3 is 2.89 bits per heavy atom. The predicted molar refractivity (Wildman–Crippen MR) is 72.8 cm³/mol. The van der Waals surface area contributed by atoms with Crippen molar-refractivity contribution in [2.45, 2.75) is 33.2 Å². The van der Waals surface area contributed by atoms with E-state index < -0.39 is 0 Å². The Morgan fingerprint density at radius 1 is 1.22 bits per heavy atom. The van der Waals surface area contributed by atoms with Gasteiger partial charge < -0.3 is 14.8 Å². The molecule has 0 radical (unpaired) electrons. The number of hydrogen-bond acceptors (Lipinski definition) is 4. The second kappa shape index (κ2) is 9.85. The summed E-state index contributed by atoms with van der Waals surface area (Å²) in [6.07, 6.45) is 4.06. The normalized spacial score (nSPS) is 10.6. The number of rotatable bonds is 10. The molecule has 0 aromatic carbocycles. The summed E-state index contributed by atoms with van der Waals surface area (Å²) in [4.78, 5) is 4.27. The molecule has 1 rings (SSSR count). The summed E-state index contributed by atoms with van der Waals surface area (Å²) >= 11 is 0. The lowest BCUT2D eigenvalue weighted by Crippen LogP contribution is -2.13. The smallest absolute Gasteiger partial charge is 0.122 e. The minimum Gasteiger partial charge on any atom is -0.491 e. The van der Waals surface area contributed by atoms with Crippen LogP contribution in [-0.2, 0) is 11.3 Å². The van der Waals surface area contributed by atoms with Crippen molar-refractivity contribution in [3.8, 4) is 5.75 Å². The van der Waals surface area contributed by atoms with Crippen LogP contribution in [0.1, 0.15) is 32.4 Å². The molecule has 4 nitrogen and oxygen atoms in total. The summed E-state index contributed by atoms with van der Waals surface area (Å²) in [5.41, 5.74) is 1.00. The van der Waals surface area contributed by atoms with Gasteiger partial charge in [0.05, 0.1) is 12.3 Å². The molecule has 0 bridgehead atoms. The van der Waals surface area contributed by atoms with Crippen molar-refractivity contribution in [2.24, 2.45) is 0 Å². The van der Waals surface area contributed by atoms with Gasteiger partial charge in [0.25, 0.3) is 0 Å². The van der Waals surface area contributed by atoms with Crippen molar-refractivity contribution in [3.05, 3.63) is 24.0 Å². The first-order valence-corrected chi connectivity index (χ1v) is 6.73. The van der Waals surface area contributed by atoms with Gasteiger partial charge in [-0.15, -0.1) is 0 Å². The zero-order valence-electron chi connectivity index (χ0n) is 11.4. The van der Waals surface area contributed by atoms with E-state index in [0.717, 1.165) is 37.6 Å². The summed E-state index contributed by atoms with van der Waals surface area (Å²) < 4.78 is 11.1. The van der Waals surface area contributed by atoms with Crippen molar-refractivity contribution in [3.63, 3.8) is 0 Å². The summed E-state index contributed by atoms with van der Waals surface area (Å²) in [5.74, 6) is 0.858. The molecule has 1 heterocycles. The molecule has 0 unspecified atom stereocenters. The fourth-order valence-electron chi connectivity index (χ4n) is 1.46. The standard InChI is InChI=1S/C14H24N2O2/c1-3-5-8-17-9-10-18-14-6-7-16-13(11-14)12-15-4-2/h6-7,11,15H,3-5,8-10,12H2,1-2H3. The second-order valence-electron chi connectivity index (χ2n) is 4.08.